The summed E-state index contributed by atoms with van der Waals surface area (Å²) in [6.07, 6.45) is -3.18. The Labute approximate surface area is 296 Å². The molecule has 0 aliphatic rings. The molecule has 0 saturated heterocycles. The topological polar surface area (TPSA) is 106 Å². The third-order valence-corrected chi connectivity index (χ3v) is 8.73. The second-order valence-corrected chi connectivity index (χ2v) is 12.1. The van der Waals surface area contributed by atoms with E-state index in [9.17, 15) is 27.6 Å². The zero-order chi connectivity index (χ0) is 36.4. The van der Waals surface area contributed by atoms with Gasteiger partial charge in [-0.05, 0) is 66.2 Å². The molecule has 1 atom stereocenters. The van der Waals surface area contributed by atoms with Gasteiger partial charge in [-0.1, -0.05) is 72.8 Å². The van der Waals surface area contributed by atoms with E-state index in [-0.39, 0.29) is 11.4 Å². The van der Waals surface area contributed by atoms with Gasteiger partial charge < -0.3 is 25.4 Å². The number of carbonyl (C=O) groups excluding carboxylic acids is 3. The lowest BCUT2D eigenvalue weighted by Crippen LogP contribution is -2.30. The highest BCUT2D eigenvalue weighted by molar-refractivity contribution is 8.00. The standard InChI is InChI=1S/C39H32F3N3O5S/c1-49-33-19-11-16-27(34(33)50-2)24-32(45-36(46)26-14-7-4-8-15-26)37(47)43-28-20-22-29(23-21-28)51-35(25-12-5-3-6-13-25)38(48)44-31-18-10-9-17-30(31)39(40,41)42/h3-24,35H,1-2H3,(H,43,47)(H,44,48)(H,45,46)/b32-24-. The minimum absolute atomic E-state index is 0.0752. The van der Waals surface area contributed by atoms with Crippen LogP contribution in [0.5, 0.6) is 11.5 Å². The van der Waals surface area contributed by atoms with Crippen LogP contribution in [0.25, 0.3) is 6.08 Å². The molecule has 0 fully saturated rings. The van der Waals surface area contributed by atoms with E-state index in [4.69, 9.17) is 9.47 Å². The summed E-state index contributed by atoms with van der Waals surface area (Å²) in [6, 6.07) is 33.6. The van der Waals surface area contributed by atoms with Crippen LogP contribution >= 0.6 is 11.8 Å². The van der Waals surface area contributed by atoms with Gasteiger partial charge in [-0.25, -0.2) is 0 Å². The van der Waals surface area contributed by atoms with Gasteiger partial charge in [-0.3, -0.25) is 14.4 Å². The fourth-order valence-electron chi connectivity index (χ4n) is 5.01. The van der Waals surface area contributed by atoms with Crippen molar-refractivity contribution in [3.8, 4) is 11.5 Å². The van der Waals surface area contributed by atoms with Gasteiger partial charge in [0, 0.05) is 21.7 Å². The van der Waals surface area contributed by atoms with Crippen LogP contribution in [-0.4, -0.2) is 31.9 Å². The van der Waals surface area contributed by atoms with Crippen LogP contribution in [-0.2, 0) is 15.8 Å². The molecule has 0 spiro atoms. The maximum absolute atomic E-state index is 13.6. The molecule has 3 amide bonds. The number of hydrogen-bond acceptors (Lipinski definition) is 6. The summed E-state index contributed by atoms with van der Waals surface area (Å²) in [5.74, 6) is -0.986. The largest absolute Gasteiger partial charge is 0.493 e. The number of ether oxygens (including phenoxy) is 2. The third kappa shape index (κ3) is 9.37. The van der Waals surface area contributed by atoms with Crippen molar-refractivity contribution in [1.29, 1.82) is 0 Å². The van der Waals surface area contributed by atoms with Crippen LogP contribution in [0.15, 0.2) is 138 Å². The first-order chi connectivity index (χ1) is 24.6. The summed E-state index contributed by atoms with van der Waals surface area (Å²) in [5.41, 5.74) is 0.409. The molecule has 12 heteroatoms. The minimum atomic E-state index is -4.65. The number of amides is 3. The monoisotopic (exact) mass is 711 g/mol. The van der Waals surface area contributed by atoms with Crippen molar-refractivity contribution in [1.82, 2.24) is 5.32 Å². The first-order valence-corrected chi connectivity index (χ1v) is 16.3. The molecule has 51 heavy (non-hydrogen) atoms. The highest BCUT2D eigenvalue weighted by Gasteiger charge is 2.34. The Hall–Kier alpha value is -6.01. The average molecular weight is 712 g/mol. The molecule has 1 unspecified atom stereocenters. The average Bonchev–Trinajstić information content (AvgIpc) is 3.14. The highest BCUT2D eigenvalue weighted by atomic mass is 32.2. The molecule has 0 aliphatic carbocycles. The number of rotatable bonds is 12. The summed E-state index contributed by atoms with van der Waals surface area (Å²) >= 11 is 1.13. The van der Waals surface area contributed by atoms with E-state index < -0.39 is 34.7 Å². The van der Waals surface area contributed by atoms with E-state index in [2.05, 4.69) is 16.0 Å². The van der Waals surface area contributed by atoms with E-state index in [0.717, 1.165) is 17.8 Å². The van der Waals surface area contributed by atoms with Crippen LogP contribution in [0.3, 0.4) is 0 Å². The fraction of sp³-hybridized carbons (Fsp3) is 0.103. The van der Waals surface area contributed by atoms with Gasteiger partial charge in [0.05, 0.1) is 25.5 Å². The predicted octanol–water partition coefficient (Wildman–Crippen LogP) is 8.60. The van der Waals surface area contributed by atoms with Crippen molar-refractivity contribution in [3.63, 3.8) is 0 Å². The number of thioether (sulfide) groups is 1. The lowest BCUT2D eigenvalue weighted by molar-refractivity contribution is -0.137. The summed E-state index contributed by atoms with van der Waals surface area (Å²) in [5, 5.41) is 7.02. The summed E-state index contributed by atoms with van der Waals surface area (Å²) < 4.78 is 51.8. The second kappa shape index (κ2) is 16.6. The molecular formula is C39H32F3N3O5S. The molecule has 5 aromatic rings. The number of nitrogens with one attached hydrogen (secondary N) is 3. The van der Waals surface area contributed by atoms with Crippen LogP contribution in [0.4, 0.5) is 24.5 Å². The van der Waals surface area contributed by atoms with Crippen molar-refractivity contribution < 1.29 is 37.0 Å². The molecule has 0 bridgehead atoms. The number of carbonyl (C=O) groups is 3. The smallest absolute Gasteiger partial charge is 0.418 e. The molecule has 0 radical (unpaired) electrons. The molecule has 5 aromatic carbocycles. The highest BCUT2D eigenvalue weighted by Crippen LogP contribution is 2.39. The third-order valence-electron chi connectivity index (χ3n) is 7.46. The number of methoxy groups -OCH3 is 2. The molecule has 0 aliphatic heterocycles. The Morgan fingerprint density at radius 2 is 1.37 bits per heavy atom. The van der Waals surface area contributed by atoms with Gasteiger partial charge in [0.25, 0.3) is 11.8 Å². The summed E-state index contributed by atoms with van der Waals surface area (Å²) in [7, 11) is 2.95. The van der Waals surface area contributed by atoms with Crippen molar-refractivity contribution in [3.05, 3.63) is 155 Å². The van der Waals surface area contributed by atoms with Crippen LogP contribution in [0.2, 0.25) is 0 Å². The van der Waals surface area contributed by atoms with Crippen LogP contribution < -0.4 is 25.4 Å². The van der Waals surface area contributed by atoms with Crippen molar-refractivity contribution in [2.24, 2.45) is 0 Å². The maximum Gasteiger partial charge on any atom is 0.418 e. The molecule has 260 valence electrons. The maximum atomic E-state index is 13.6. The van der Waals surface area contributed by atoms with Crippen molar-refractivity contribution in [2.45, 2.75) is 16.3 Å². The van der Waals surface area contributed by atoms with E-state index in [0.29, 0.717) is 38.8 Å². The number of anilines is 2. The molecule has 0 heterocycles. The summed E-state index contributed by atoms with van der Waals surface area (Å²) in [4.78, 5) is 40.8. The number of alkyl halides is 3. The Kier molecular flexibility index (Phi) is 11.8. The molecule has 3 N–H and O–H groups in total. The Bertz CT molecular complexity index is 2020. The number of halogens is 3. The number of hydrogen-bond donors (Lipinski definition) is 3. The van der Waals surface area contributed by atoms with Gasteiger partial charge in [-0.2, -0.15) is 13.2 Å². The first kappa shape index (κ1) is 36.3. The van der Waals surface area contributed by atoms with Crippen molar-refractivity contribution in [2.75, 3.05) is 24.9 Å². The van der Waals surface area contributed by atoms with Gasteiger partial charge >= 0.3 is 6.18 Å². The molecule has 0 aromatic heterocycles. The van der Waals surface area contributed by atoms with E-state index in [1.807, 2.05) is 0 Å². The van der Waals surface area contributed by atoms with E-state index in [1.165, 1.54) is 38.5 Å². The normalized spacial score (nSPS) is 12.0. The second-order valence-electron chi connectivity index (χ2n) is 10.9. The Balaban J connectivity index is 1.38. The van der Waals surface area contributed by atoms with Gasteiger partial charge in [0.2, 0.25) is 5.91 Å². The molecule has 0 saturated carbocycles. The van der Waals surface area contributed by atoms with Gasteiger partial charge in [0.1, 0.15) is 10.9 Å². The molecule has 5 rings (SSSR count). The quantitative estimate of drug-likeness (QED) is 0.0885. The van der Waals surface area contributed by atoms with E-state index >= 15 is 0 Å². The SMILES string of the molecule is COc1cccc(/C=C(\NC(=O)c2ccccc2)C(=O)Nc2ccc(SC(C(=O)Nc3ccccc3C(F)(F)F)c3ccccc3)cc2)c1OC. The Morgan fingerprint density at radius 1 is 0.725 bits per heavy atom. The zero-order valence-electron chi connectivity index (χ0n) is 27.4. The molecular weight excluding hydrogens is 680 g/mol. The van der Waals surface area contributed by atoms with Gasteiger partial charge in [-0.15, -0.1) is 11.8 Å². The fourth-order valence-corrected chi connectivity index (χ4v) is 6.04. The summed E-state index contributed by atoms with van der Waals surface area (Å²) in [6.45, 7) is 0. The van der Waals surface area contributed by atoms with E-state index in [1.54, 1.807) is 103 Å². The van der Waals surface area contributed by atoms with Crippen molar-refractivity contribution >= 4 is 46.9 Å². The lowest BCUT2D eigenvalue weighted by Gasteiger charge is -2.19. The van der Waals surface area contributed by atoms with Gasteiger partial charge in [0.15, 0.2) is 11.5 Å². The van der Waals surface area contributed by atoms with Crippen LogP contribution in [0, 0.1) is 0 Å². The zero-order valence-corrected chi connectivity index (χ0v) is 28.2. The predicted molar refractivity (Wildman–Crippen MR) is 192 cm³/mol. The minimum Gasteiger partial charge on any atom is -0.493 e. The Morgan fingerprint density at radius 3 is 2.02 bits per heavy atom. The lowest BCUT2D eigenvalue weighted by atomic mass is 10.1. The van der Waals surface area contributed by atoms with Crippen LogP contribution in [0.1, 0.15) is 32.3 Å². The number of para-hydroxylation sites is 2. The molecule has 8 nitrogen and oxygen atoms in total. The number of benzene rings is 5. The first-order valence-electron chi connectivity index (χ1n) is 15.5.